The van der Waals surface area contributed by atoms with Crippen molar-refractivity contribution in [1.29, 1.82) is 0 Å². The van der Waals surface area contributed by atoms with E-state index in [4.69, 9.17) is 4.43 Å². The molecule has 1 aromatic heterocycles. The molecule has 0 amide bonds. The first-order chi connectivity index (χ1) is 14.0. The first-order valence-corrected chi connectivity index (χ1v) is 13.6. The highest BCUT2D eigenvalue weighted by Gasteiger charge is 2.51. The first-order valence-electron chi connectivity index (χ1n) is 10.8. The van der Waals surface area contributed by atoms with Crippen LogP contribution in [-0.4, -0.2) is 14.4 Å². The molecule has 0 saturated heterocycles. The third-order valence-electron chi connectivity index (χ3n) is 6.38. The summed E-state index contributed by atoms with van der Waals surface area (Å²) in [5.74, 6) is 0.717. The van der Waals surface area contributed by atoms with Gasteiger partial charge in [0.1, 0.15) is 0 Å². The molecule has 1 aliphatic carbocycles. The molecule has 4 rings (SSSR count). The molecule has 1 aliphatic rings. The quantitative estimate of drug-likeness (QED) is 0.437. The molecule has 0 atom stereocenters. The molecule has 3 heteroatoms. The molecule has 3 aromatic rings. The van der Waals surface area contributed by atoms with Crippen LogP contribution in [0.4, 0.5) is 0 Å². The van der Waals surface area contributed by atoms with Crippen LogP contribution in [0, 0.1) is 0 Å². The third-order valence-corrected chi connectivity index (χ3v) is 12.5. The summed E-state index contributed by atoms with van der Waals surface area (Å²) in [7, 11) is -2.42. The van der Waals surface area contributed by atoms with Crippen LogP contribution in [0.3, 0.4) is 0 Å². The lowest BCUT2D eigenvalue weighted by Crippen LogP contribution is -2.67. The van der Waals surface area contributed by atoms with Gasteiger partial charge in [-0.15, -0.1) is 11.3 Å². The summed E-state index contributed by atoms with van der Waals surface area (Å²) < 4.78 is 7.32. The summed E-state index contributed by atoms with van der Waals surface area (Å²) in [6.07, 6.45) is 5.14. The summed E-state index contributed by atoms with van der Waals surface area (Å²) >= 11 is 1.91. The Balaban J connectivity index is 1.66. The Bertz CT molecular complexity index is 836. The van der Waals surface area contributed by atoms with Crippen molar-refractivity contribution in [2.24, 2.45) is 0 Å². The molecular formula is C26H32OSSi. The highest BCUT2D eigenvalue weighted by atomic mass is 32.1. The standard InChI is InChI=1S/C26H32OSSi/c1-26(2,3)29(23-11-6-4-7-12-23,24-13-8-5-9-14-24)27-22-18-16-21(17-19-22)25-15-10-20-28-25/h4-15,20-22H,16-19H2,1-3H3/t21-,22+. The van der Waals surface area contributed by atoms with E-state index in [1.165, 1.54) is 23.2 Å². The van der Waals surface area contributed by atoms with Crippen LogP contribution in [0.2, 0.25) is 5.04 Å². The molecular weight excluding hydrogens is 388 g/mol. The van der Waals surface area contributed by atoms with Crippen molar-refractivity contribution < 1.29 is 4.43 Å². The maximum absolute atomic E-state index is 7.32. The Hall–Kier alpha value is -1.68. The molecule has 2 aromatic carbocycles. The first kappa shape index (κ1) is 20.6. The molecule has 152 valence electrons. The Morgan fingerprint density at radius 2 is 1.31 bits per heavy atom. The van der Waals surface area contributed by atoms with Crippen LogP contribution < -0.4 is 10.4 Å². The zero-order chi connectivity index (χ0) is 20.3. The fourth-order valence-corrected chi connectivity index (χ4v) is 10.6. The van der Waals surface area contributed by atoms with E-state index in [1.807, 2.05) is 11.3 Å². The monoisotopic (exact) mass is 420 g/mol. The smallest absolute Gasteiger partial charge is 0.261 e. The minimum Gasteiger partial charge on any atom is -0.404 e. The minimum absolute atomic E-state index is 0.0559. The third kappa shape index (κ3) is 4.14. The lowest BCUT2D eigenvalue weighted by atomic mass is 9.86. The second-order valence-electron chi connectivity index (χ2n) is 9.27. The van der Waals surface area contributed by atoms with Gasteiger partial charge in [0, 0.05) is 11.0 Å². The topological polar surface area (TPSA) is 9.23 Å². The van der Waals surface area contributed by atoms with Crippen LogP contribution in [0.1, 0.15) is 57.2 Å². The average molecular weight is 421 g/mol. The zero-order valence-corrected chi connectivity index (χ0v) is 19.6. The van der Waals surface area contributed by atoms with E-state index in [1.54, 1.807) is 4.88 Å². The number of rotatable bonds is 5. The molecule has 1 saturated carbocycles. The Labute approximate surface area is 180 Å². The zero-order valence-electron chi connectivity index (χ0n) is 17.8. The van der Waals surface area contributed by atoms with Crippen LogP contribution >= 0.6 is 11.3 Å². The van der Waals surface area contributed by atoms with Gasteiger partial charge < -0.3 is 4.43 Å². The predicted molar refractivity (Wildman–Crippen MR) is 128 cm³/mol. The SMILES string of the molecule is CC(C)(C)[Si](O[C@H]1CC[C@@H](c2cccs2)CC1)(c1ccccc1)c1ccccc1. The average Bonchev–Trinajstić information content (AvgIpc) is 3.28. The maximum Gasteiger partial charge on any atom is 0.261 e. The summed E-state index contributed by atoms with van der Waals surface area (Å²) in [6.45, 7) is 7.11. The molecule has 0 radical (unpaired) electrons. The van der Waals surface area contributed by atoms with Crippen LogP contribution in [0.5, 0.6) is 0 Å². The molecule has 0 unspecified atom stereocenters. The number of hydrogen-bond donors (Lipinski definition) is 0. The van der Waals surface area contributed by atoms with Crippen molar-refractivity contribution in [3.63, 3.8) is 0 Å². The Morgan fingerprint density at radius 1 is 0.759 bits per heavy atom. The molecule has 0 aliphatic heterocycles. The fourth-order valence-electron chi connectivity index (χ4n) is 4.93. The van der Waals surface area contributed by atoms with Gasteiger partial charge in [-0.3, -0.25) is 0 Å². The second kappa shape index (κ2) is 8.59. The molecule has 1 fully saturated rings. The van der Waals surface area contributed by atoms with Crippen molar-refractivity contribution in [2.75, 3.05) is 0 Å². The van der Waals surface area contributed by atoms with E-state index in [0.29, 0.717) is 12.0 Å². The van der Waals surface area contributed by atoms with Gasteiger partial charge in [0.25, 0.3) is 8.32 Å². The van der Waals surface area contributed by atoms with Gasteiger partial charge in [0.05, 0.1) is 0 Å². The number of hydrogen-bond acceptors (Lipinski definition) is 2. The summed E-state index contributed by atoms with van der Waals surface area (Å²) in [4.78, 5) is 1.55. The lowest BCUT2D eigenvalue weighted by Gasteiger charge is -2.46. The number of benzene rings is 2. The molecule has 29 heavy (non-hydrogen) atoms. The Kier molecular flexibility index (Phi) is 6.10. The van der Waals surface area contributed by atoms with Crippen LogP contribution in [0.15, 0.2) is 78.2 Å². The van der Waals surface area contributed by atoms with Crippen molar-refractivity contribution in [1.82, 2.24) is 0 Å². The minimum atomic E-state index is -2.42. The molecule has 0 bridgehead atoms. The summed E-state index contributed by atoms with van der Waals surface area (Å²) in [5, 5.41) is 5.04. The van der Waals surface area contributed by atoms with Gasteiger partial charge in [0.15, 0.2) is 0 Å². The van der Waals surface area contributed by atoms with Crippen LogP contribution in [-0.2, 0) is 4.43 Å². The van der Waals surface area contributed by atoms with Gasteiger partial charge in [0.2, 0.25) is 0 Å². The second-order valence-corrected chi connectivity index (χ2v) is 14.5. The fraction of sp³-hybridized carbons (Fsp3) is 0.385. The Morgan fingerprint density at radius 3 is 1.76 bits per heavy atom. The summed E-state index contributed by atoms with van der Waals surface area (Å²) in [5.41, 5.74) is 0. The lowest BCUT2D eigenvalue weighted by molar-refractivity contribution is 0.136. The summed E-state index contributed by atoms with van der Waals surface area (Å²) in [6, 6.07) is 26.6. The van der Waals surface area contributed by atoms with Crippen molar-refractivity contribution in [3.05, 3.63) is 83.1 Å². The maximum atomic E-state index is 7.32. The van der Waals surface area contributed by atoms with E-state index in [9.17, 15) is 0 Å². The normalized spacial score (nSPS) is 20.5. The van der Waals surface area contributed by atoms with Crippen molar-refractivity contribution >= 4 is 30.0 Å². The van der Waals surface area contributed by atoms with Gasteiger partial charge in [-0.05, 0) is 58.5 Å². The van der Waals surface area contributed by atoms with E-state index in [0.717, 1.165) is 12.8 Å². The molecule has 0 N–H and O–H groups in total. The largest absolute Gasteiger partial charge is 0.404 e. The van der Waals surface area contributed by atoms with E-state index < -0.39 is 8.32 Å². The highest BCUT2D eigenvalue weighted by molar-refractivity contribution is 7.10. The van der Waals surface area contributed by atoms with Gasteiger partial charge in [-0.1, -0.05) is 87.5 Å². The van der Waals surface area contributed by atoms with Crippen LogP contribution in [0.25, 0.3) is 0 Å². The van der Waals surface area contributed by atoms with E-state index in [2.05, 4.69) is 98.9 Å². The molecule has 0 spiro atoms. The molecule has 1 nitrogen and oxygen atoms in total. The van der Waals surface area contributed by atoms with E-state index in [-0.39, 0.29) is 5.04 Å². The number of thiophene rings is 1. The van der Waals surface area contributed by atoms with Crippen molar-refractivity contribution in [3.8, 4) is 0 Å². The highest BCUT2D eigenvalue weighted by Crippen LogP contribution is 2.41. The molecule has 1 heterocycles. The van der Waals surface area contributed by atoms with Gasteiger partial charge in [-0.2, -0.15) is 0 Å². The van der Waals surface area contributed by atoms with Gasteiger partial charge >= 0.3 is 0 Å². The van der Waals surface area contributed by atoms with Gasteiger partial charge in [-0.25, -0.2) is 0 Å². The van der Waals surface area contributed by atoms with E-state index >= 15 is 0 Å². The predicted octanol–water partition coefficient (Wildman–Crippen LogP) is 6.35. The van der Waals surface area contributed by atoms with Crippen molar-refractivity contribution in [2.45, 2.75) is 63.5 Å².